The molecule has 2 N–H and O–H groups in total. The number of hydrogen-bond donors (Lipinski definition) is 2. The van der Waals surface area contributed by atoms with Gasteiger partial charge in [-0.05, 0) is 37.8 Å². The predicted octanol–water partition coefficient (Wildman–Crippen LogP) is 4.11. The molecular formula is C19H21NO5. The molecule has 1 aliphatic rings. The number of furan rings is 1. The average molecular weight is 343 g/mol. The molecule has 0 spiro atoms. The van der Waals surface area contributed by atoms with Crippen LogP contribution in [0.4, 0.5) is 5.69 Å². The van der Waals surface area contributed by atoms with Crippen LogP contribution in [-0.2, 0) is 6.42 Å². The van der Waals surface area contributed by atoms with Gasteiger partial charge in [-0.25, -0.2) is 4.79 Å². The Labute approximate surface area is 145 Å². The van der Waals surface area contributed by atoms with Gasteiger partial charge in [0.15, 0.2) is 5.76 Å². The monoisotopic (exact) mass is 343 g/mol. The van der Waals surface area contributed by atoms with Crippen molar-refractivity contribution in [3.8, 4) is 5.75 Å². The highest BCUT2D eigenvalue weighted by molar-refractivity contribution is 6.04. The predicted molar refractivity (Wildman–Crippen MR) is 92.3 cm³/mol. The van der Waals surface area contributed by atoms with Gasteiger partial charge in [0.05, 0.1) is 11.8 Å². The zero-order valence-corrected chi connectivity index (χ0v) is 14.1. The third-order valence-corrected chi connectivity index (χ3v) is 4.32. The summed E-state index contributed by atoms with van der Waals surface area (Å²) in [7, 11) is 0. The van der Waals surface area contributed by atoms with Crippen LogP contribution in [0.25, 0.3) is 0 Å². The molecule has 25 heavy (non-hydrogen) atoms. The second-order valence-corrected chi connectivity index (χ2v) is 6.08. The molecule has 0 radical (unpaired) electrons. The summed E-state index contributed by atoms with van der Waals surface area (Å²) in [5, 5.41) is 11.9. The van der Waals surface area contributed by atoms with Crippen LogP contribution in [0.3, 0.4) is 0 Å². The Morgan fingerprint density at radius 1 is 1.28 bits per heavy atom. The van der Waals surface area contributed by atoms with Gasteiger partial charge in [0.25, 0.3) is 5.91 Å². The van der Waals surface area contributed by atoms with E-state index >= 15 is 0 Å². The molecule has 0 saturated heterocycles. The highest BCUT2D eigenvalue weighted by atomic mass is 16.5. The number of carbonyl (C=O) groups is 2. The number of carbonyl (C=O) groups excluding carboxylic acids is 1. The lowest BCUT2D eigenvalue weighted by Crippen LogP contribution is -2.15. The second-order valence-electron chi connectivity index (χ2n) is 6.08. The molecule has 1 aliphatic carbocycles. The lowest BCUT2D eigenvalue weighted by molar-refractivity contribution is 0.0694. The number of carboxylic acids is 1. The van der Waals surface area contributed by atoms with Gasteiger partial charge in [-0.1, -0.05) is 19.1 Å². The molecule has 1 fully saturated rings. The largest absolute Gasteiger partial charge is 0.488 e. The van der Waals surface area contributed by atoms with Crippen molar-refractivity contribution in [2.75, 3.05) is 5.32 Å². The standard InChI is InChI=1S/C19H21NO5/c1-2-15-13(19(22)23)11-17(25-15)18(21)20-14-9-5-6-10-16(14)24-12-7-3-4-8-12/h5-6,9-12H,2-4,7-8H2,1H3,(H,20,21)(H,22,23). The summed E-state index contributed by atoms with van der Waals surface area (Å²) in [5.41, 5.74) is 0.564. The van der Waals surface area contributed by atoms with Gasteiger partial charge in [0.2, 0.25) is 0 Å². The number of hydrogen-bond acceptors (Lipinski definition) is 4. The molecule has 1 heterocycles. The summed E-state index contributed by atoms with van der Waals surface area (Å²) in [6.07, 6.45) is 4.92. The summed E-state index contributed by atoms with van der Waals surface area (Å²) in [6, 6.07) is 8.49. The molecule has 0 bridgehead atoms. The Hall–Kier alpha value is -2.76. The SMILES string of the molecule is CCc1oc(C(=O)Nc2ccccc2OC2CCCC2)cc1C(=O)O. The summed E-state index contributed by atoms with van der Waals surface area (Å²) >= 11 is 0. The van der Waals surface area contributed by atoms with Crippen molar-refractivity contribution in [3.63, 3.8) is 0 Å². The molecule has 1 aromatic carbocycles. The number of rotatable bonds is 6. The summed E-state index contributed by atoms with van der Waals surface area (Å²) in [6.45, 7) is 1.78. The number of nitrogens with one attached hydrogen (secondary N) is 1. The van der Waals surface area contributed by atoms with Gasteiger partial charge in [-0.3, -0.25) is 4.79 Å². The Bertz CT molecular complexity index is 774. The molecule has 2 aromatic rings. The molecule has 3 rings (SSSR count). The van der Waals surface area contributed by atoms with Crippen molar-refractivity contribution in [3.05, 3.63) is 47.4 Å². The lowest BCUT2D eigenvalue weighted by atomic mass is 10.2. The molecule has 1 amide bonds. The first-order valence-electron chi connectivity index (χ1n) is 8.51. The second kappa shape index (κ2) is 7.42. The van der Waals surface area contributed by atoms with E-state index in [0.717, 1.165) is 25.7 Å². The lowest BCUT2D eigenvalue weighted by Gasteiger charge is -2.16. The van der Waals surface area contributed by atoms with Crippen molar-refractivity contribution in [2.45, 2.75) is 45.1 Å². The maximum atomic E-state index is 12.5. The van der Waals surface area contributed by atoms with E-state index in [9.17, 15) is 14.7 Å². The molecule has 132 valence electrons. The molecule has 0 unspecified atom stereocenters. The molecule has 6 heteroatoms. The molecule has 6 nitrogen and oxygen atoms in total. The maximum Gasteiger partial charge on any atom is 0.339 e. The van der Waals surface area contributed by atoms with E-state index < -0.39 is 11.9 Å². The van der Waals surface area contributed by atoms with Crippen molar-refractivity contribution < 1.29 is 23.8 Å². The summed E-state index contributed by atoms with van der Waals surface area (Å²) in [4.78, 5) is 23.7. The van der Waals surface area contributed by atoms with E-state index in [1.807, 2.05) is 12.1 Å². The normalized spacial score (nSPS) is 14.4. The first-order valence-corrected chi connectivity index (χ1v) is 8.51. The third-order valence-electron chi connectivity index (χ3n) is 4.32. The quantitative estimate of drug-likeness (QED) is 0.824. The molecule has 1 saturated carbocycles. The zero-order chi connectivity index (χ0) is 17.8. The highest BCUT2D eigenvalue weighted by Gasteiger charge is 2.22. The van der Waals surface area contributed by atoms with Gasteiger partial charge >= 0.3 is 5.97 Å². The topological polar surface area (TPSA) is 88.8 Å². The first kappa shape index (κ1) is 17.1. The van der Waals surface area contributed by atoms with Crippen molar-refractivity contribution in [2.24, 2.45) is 0 Å². The Morgan fingerprint density at radius 2 is 2.00 bits per heavy atom. The van der Waals surface area contributed by atoms with Crippen molar-refractivity contribution in [1.82, 2.24) is 0 Å². The van der Waals surface area contributed by atoms with Crippen LogP contribution in [0.2, 0.25) is 0 Å². The van der Waals surface area contributed by atoms with Crippen LogP contribution in [0.1, 0.15) is 59.3 Å². The number of amides is 1. The van der Waals surface area contributed by atoms with E-state index in [0.29, 0.717) is 17.9 Å². The maximum absolute atomic E-state index is 12.5. The van der Waals surface area contributed by atoms with Crippen LogP contribution in [0.5, 0.6) is 5.75 Å². The van der Waals surface area contributed by atoms with Gasteiger partial charge in [-0.15, -0.1) is 0 Å². The molecule has 0 atom stereocenters. The van der Waals surface area contributed by atoms with Gasteiger partial charge in [0.1, 0.15) is 17.1 Å². The van der Waals surface area contributed by atoms with Crippen LogP contribution < -0.4 is 10.1 Å². The smallest absolute Gasteiger partial charge is 0.339 e. The van der Waals surface area contributed by atoms with Crippen LogP contribution in [0, 0.1) is 0 Å². The number of ether oxygens (including phenoxy) is 1. The highest BCUT2D eigenvalue weighted by Crippen LogP contribution is 2.30. The van der Waals surface area contributed by atoms with E-state index in [1.165, 1.54) is 6.07 Å². The fourth-order valence-corrected chi connectivity index (χ4v) is 3.03. The number of carboxylic acid groups (broad SMARTS) is 1. The number of aryl methyl sites for hydroxylation is 1. The van der Waals surface area contributed by atoms with E-state index in [2.05, 4.69) is 5.32 Å². The third kappa shape index (κ3) is 3.84. The van der Waals surface area contributed by atoms with E-state index in [4.69, 9.17) is 9.15 Å². The van der Waals surface area contributed by atoms with E-state index in [-0.39, 0.29) is 23.2 Å². The summed E-state index contributed by atoms with van der Waals surface area (Å²) in [5.74, 6) is -0.726. The molecule has 1 aromatic heterocycles. The number of anilines is 1. The van der Waals surface area contributed by atoms with Crippen LogP contribution in [0.15, 0.2) is 34.7 Å². The van der Waals surface area contributed by atoms with E-state index in [1.54, 1.807) is 19.1 Å². The fraction of sp³-hybridized carbons (Fsp3) is 0.368. The minimum Gasteiger partial charge on any atom is -0.488 e. The molecule has 0 aliphatic heterocycles. The summed E-state index contributed by atoms with van der Waals surface area (Å²) < 4.78 is 11.4. The van der Waals surface area contributed by atoms with Crippen molar-refractivity contribution in [1.29, 1.82) is 0 Å². The number of benzene rings is 1. The molecular weight excluding hydrogens is 322 g/mol. The van der Waals surface area contributed by atoms with Crippen LogP contribution in [-0.4, -0.2) is 23.1 Å². The fourth-order valence-electron chi connectivity index (χ4n) is 3.03. The van der Waals surface area contributed by atoms with Crippen LogP contribution >= 0.6 is 0 Å². The minimum atomic E-state index is -1.11. The Balaban J connectivity index is 1.78. The van der Waals surface area contributed by atoms with Crippen molar-refractivity contribution >= 4 is 17.6 Å². The number of aromatic carboxylic acids is 1. The van der Waals surface area contributed by atoms with Gasteiger partial charge in [0, 0.05) is 12.5 Å². The van der Waals surface area contributed by atoms with Gasteiger partial charge < -0.3 is 19.6 Å². The Kier molecular flexibility index (Phi) is 5.07. The first-order chi connectivity index (χ1) is 12.1. The van der Waals surface area contributed by atoms with Gasteiger partial charge in [-0.2, -0.15) is 0 Å². The minimum absolute atomic E-state index is 0.0168. The Morgan fingerprint density at radius 3 is 2.64 bits per heavy atom. The average Bonchev–Trinajstić information content (AvgIpc) is 3.25. The zero-order valence-electron chi connectivity index (χ0n) is 14.1. The number of para-hydroxylation sites is 2.